The molecule has 0 unspecified atom stereocenters. The summed E-state index contributed by atoms with van der Waals surface area (Å²) in [7, 11) is 0. The van der Waals surface area contributed by atoms with Gasteiger partial charge in [-0.2, -0.15) is 0 Å². The summed E-state index contributed by atoms with van der Waals surface area (Å²) in [5, 5.41) is 33.1. The fourth-order valence-corrected chi connectivity index (χ4v) is 5.42. The van der Waals surface area contributed by atoms with Gasteiger partial charge >= 0.3 is 0 Å². The van der Waals surface area contributed by atoms with Gasteiger partial charge in [-0.3, -0.25) is 4.79 Å². The Balaban J connectivity index is 1.89. The monoisotopic (exact) mass is 546 g/mol. The second kappa shape index (κ2) is 13.7. The number of carbonyl (C=O) groups excluding carboxylic acids is 1. The van der Waals surface area contributed by atoms with Crippen LogP contribution in [-0.4, -0.2) is 44.6 Å². The zero-order valence-corrected chi connectivity index (χ0v) is 23.2. The van der Waals surface area contributed by atoms with E-state index in [2.05, 4.69) is 9.88 Å². The molecule has 0 spiro atoms. The van der Waals surface area contributed by atoms with E-state index < -0.39 is 12.2 Å². The van der Waals surface area contributed by atoms with Crippen LogP contribution in [0.5, 0.6) is 0 Å². The lowest BCUT2D eigenvalue weighted by molar-refractivity contribution is 0.0582. The molecule has 1 aliphatic carbocycles. The molecule has 4 N–H and O–H groups in total. The van der Waals surface area contributed by atoms with Crippen molar-refractivity contribution in [3.63, 3.8) is 0 Å². The molecule has 1 aliphatic rings. The summed E-state index contributed by atoms with van der Waals surface area (Å²) < 4.78 is 16.2. The number of anilines is 1. The molecule has 0 fully saturated rings. The van der Waals surface area contributed by atoms with Gasteiger partial charge in [-0.25, -0.2) is 4.39 Å². The third-order valence-electron chi connectivity index (χ3n) is 7.27. The summed E-state index contributed by atoms with van der Waals surface area (Å²) in [5.74, 6) is -0.449. The van der Waals surface area contributed by atoms with Crippen LogP contribution in [0.25, 0.3) is 16.7 Å². The minimum atomic E-state index is -0.796. The number of benzene rings is 2. The second-order valence-corrected chi connectivity index (χ2v) is 10.6. The highest BCUT2D eigenvalue weighted by Crippen LogP contribution is 2.43. The van der Waals surface area contributed by atoms with Gasteiger partial charge in [-0.15, -0.1) is 0 Å². The van der Waals surface area contributed by atoms with E-state index in [1.165, 1.54) is 6.08 Å². The molecule has 3 aromatic rings. The maximum Gasteiger partial charge on any atom is 0.258 e. The van der Waals surface area contributed by atoms with Crippen LogP contribution < -0.4 is 5.32 Å². The van der Waals surface area contributed by atoms with Crippen molar-refractivity contribution in [1.29, 1.82) is 0 Å². The fraction of sp³-hybridized carbons (Fsp3) is 0.364. The Morgan fingerprint density at radius 1 is 0.950 bits per heavy atom. The Labute approximate surface area is 235 Å². The summed E-state index contributed by atoms with van der Waals surface area (Å²) in [5.41, 5.74) is 5.52. The smallest absolute Gasteiger partial charge is 0.258 e. The lowest BCUT2D eigenvalue weighted by atomic mass is 9.92. The zero-order chi connectivity index (χ0) is 28.6. The number of amides is 1. The van der Waals surface area contributed by atoms with Crippen LogP contribution in [0.4, 0.5) is 10.1 Å². The summed E-state index contributed by atoms with van der Waals surface area (Å²) in [4.78, 5) is 14.1. The standard InChI is InChI=1S/C33H39FN2O4/c1-22(2)31-30(33(40)35-26-11-7-4-8-12-26)29(23-9-5-3-6-10-23)32(24-13-15-25(34)16-14-24)36(31)19-17-27(38)21-28(39)18-20-37/h3-13,15,22,27-28,37-39H,14,16-21H2,1-2H3,(H,35,40)/t27-,28+/m1/s1. The highest BCUT2D eigenvalue weighted by molar-refractivity contribution is 6.11. The van der Waals surface area contributed by atoms with Crippen molar-refractivity contribution in [3.8, 4) is 11.1 Å². The van der Waals surface area contributed by atoms with Crippen molar-refractivity contribution >= 4 is 17.2 Å². The highest BCUT2D eigenvalue weighted by atomic mass is 19.1. The predicted molar refractivity (Wildman–Crippen MR) is 158 cm³/mol. The van der Waals surface area contributed by atoms with Crippen LogP contribution in [0.15, 0.2) is 78.6 Å². The highest BCUT2D eigenvalue weighted by Gasteiger charge is 2.31. The first kappa shape index (κ1) is 29.5. The lowest BCUT2D eigenvalue weighted by Gasteiger charge is -2.21. The van der Waals surface area contributed by atoms with E-state index >= 15 is 0 Å². The van der Waals surface area contributed by atoms with E-state index in [4.69, 9.17) is 5.11 Å². The maximum absolute atomic E-state index is 14.1. The Hall–Kier alpha value is -3.52. The summed E-state index contributed by atoms with van der Waals surface area (Å²) in [6.07, 6.45) is 3.16. The Morgan fingerprint density at radius 3 is 2.20 bits per heavy atom. The normalized spacial score (nSPS) is 15.0. The first-order valence-corrected chi connectivity index (χ1v) is 14.0. The van der Waals surface area contributed by atoms with E-state index in [0.29, 0.717) is 30.6 Å². The van der Waals surface area contributed by atoms with Crippen molar-refractivity contribution < 1.29 is 24.5 Å². The number of carbonyl (C=O) groups is 1. The third-order valence-corrected chi connectivity index (χ3v) is 7.27. The number of rotatable bonds is 12. The van der Waals surface area contributed by atoms with Gasteiger partial charge in [-0.1, -0.05) is 68.5 Å². The van der Waals surface area contributed by atoms with E-state index in [9.17, 15) is 19.4 Å². The van der Waals surface area contributed by atoms with Gasteiger partial charge in [0.1, 0.15) is 5.83 Å². The molecule has 40 heavy (non-hydrogen) atoms. The van der Waals surface area contributed by atoms with Crippen LogP contribution in [0, 0.1) is 0 Å². The molecule has 6 nitrogen and oxygen atoms in total. The van der Waals surface area contributed by atoms with Crippen molar-refractivity contribution in [2.45, 2.75) is 70.6 Å². The number of aliphatic hydroxyl groups is 3. The number of para-hydroxylation sites is 1. The molecule has 7 heteroatoms. The van der Waals surface area contributed by atoms with Crippen LogP contribution in [0.1, 0.15) is 73.6 Å². The van der Waals surface area contributed by atoms with Crippen molar-refractivity contribution in [2.75, 3.05) is 11.9 Å². The van der Waals surface area contributed by atoms with Gasteiger partial charge in [0.2, 0.25) is 0 Å². The number of hydrogen-bond acceptors (Lipinski definition) is 4. The van der Waals surface area contributed by atoms with E-state index in [1.807, 2.05) is 74.5 Å². The summed E-state index contributed by atoms with van der Waals surface area (Å²) >= 11 is 0. The predicted octanol–water partition coefficient (Wildman–Crippen LogP) is 6.45. The number of aliphatic hydroxyl groups excluding tert-OH is 3. The molecule has 0 aliphatic heterocycles. The first-order valence-electron chi connectivity index (χ1n) is 14.0. The van der Waals surface area contributed by atoms with E-state index in [1.54, 1.807) is 6.08 Å². The number of halogens is 1. The number of allylic oxidation sites excluding steroid dienone is 4. The Morgan fingerprint density at radius 2 is 1.60 bits per heavy atom. The number of nitrogens with zero attached hydrogens (tertiary/aromatic N) is 1. The molecule has 212 valence electrons. The quantitative estimate of drug-likeness (QED) is 0.210. The molecule has 1 amide bonds. The van der Waals surface area contributed by atoms with Crippen molar-refractivity contribution in [1.82, 2.24) is 4.57 Å². The topological polar surface area (TPSA) is 94.7 Å². The molecule has 0 saturated carbocycles. The molecule has 2 aromatic carbocycles. The Bertz CT molecular complexity index is 1350. The minimum Gasteiger partial charge on any atom is -0.396 e. The molecule has 1 aromatic heterocycles. The minimum absolute atomic E-state index is 0.0404. The molecular weight excluding hydrogens is 507 g/mol. The molecule has 2 atom stereocenters. The molecule has 0 radical (unpaired) electrons. The average molecular weight is 547 g/mol. The van der Waals surface area contributed by atoms with Gasteiger partial charge in [0.25, 0.3) is 5.91 Å². The van der Waals surface area contributed by atoms with Gasteiger partial charge < -0.3 is 25.2 Å². The van der Waals surface area contributed by atoms with E-state index in [-0.39, 0.29) is 43.5 Å². The SMILES string of the molecule is CC(C)c1c(C(=O)Nc2ccccc2)c(-c2ccccc2)c(C2=CC=C(F)CC2)n1CC[C@@H](O)C[C@@H](O)CCO. The number of nitrogens with one attached hydrogen (secondary N) is 1. The molecular formula is C33H39FN2O4. The average Bonchev–Trinajstić information content (AvgIpc) is 3.29. The maximum atomic E-state index is 14.1. The van der Waals surface area contributed by atoms with E-state index in [0.717, 1.165) is 28.1 Å². The molecule has 0 saturated heterocycles. The van der Waals surface area contributed by atoms with Crippen molar-refractivity contribution in [3.05, 3.63) is 95.6 Å². The molecule has 4 rings (SSSR count). The second-order valence-electron chi connectivity index (χ2n) is 10.6. The summed E-state index contributed by atoms with van der Waals surface area (Å²) in [6.45, 7) is 4.34. The largest absolute Gasteiger partial charge is 0.396 e. The Kier molecular flexibility index (Phi) is 10.1. The van der Waals surface area contributed by atoms with Gasteiger partial charge in [0, 0.05) is 36.5 Å². The van der Waals surface area contributed by atoms with Gasteiger partial charge in [-0.05, 0) is 60.9 Å². The van der Waals surface area contributed by atoms with Crippen LogP contribution in [0.2, 0.25) is 0 Å². The van der Waals surface area contributed by atoms with Gasteiger partial charge in [0.05, 0.1) is 23.5 Å². The number of hydrogen-bond donors (Lipinski definition) is 4. The molecule has 1 heterocycles. The fourth-order valence-electron chi connectivity index (χ4n) is 5.42. The van der Waals surface area contributed by atoms with Crippen LogP contribution >= 0.6 is 0 Å². The van der Waals surface area contributed by atoms with Crippen LogP contribution in [0.3, 0.4) is 0 Å². The summed E-state index contributed by atoms with van der Waals surface area (Å²) in [6, 6.07) is 19.1. The first-order chi connectivity index (χ1) is 19.3. The number of aromatic nitrogens is 1. The van der Waals surface area contributed by atoms with Crippen molar-refractivity contribution in [2.24, 2.45) is 0 Å². The van der Waals surface area contributed by atoms with Gasteiger partial charge in [0.15, 0.2) is 0 Å². The third kappa shape index (κ3) is 6.97. The molecule has 0 bridgehead atoms. The van der Waals surface area contributed by atoms with Crippen LogP contribution in [-0.2, 0) is 6.54 Å². The zero-order valence-electron chi connectivity index (χ0n) is 23.2. The lowest BCUT2D eigenvalue weighted by Crippen LogP contribution is -2.22.